The Labute approximate surface area is 82.7 Å². The summed E-state index contributed by atoms with van der Waals surface area (Å²) in [4.78, 5) is 1.36. The standard InChI is InChI=1S/C9H14ClNS/c1-2-4-11-5-3-9-6-8(10)7-12-9/h6-7,11H,2-5H2,1H3. The van der Waals surface area contributed by atoms with Crippen LogP contribution in [0.25, 0.3) is 0 Å². The third-order valence-corrected chi connectivity index (χ3v) is 2.94. The van der Waals surface area contributed by atoms with E-state index in [0.29, 0.717) is 0 Å². The Morgan fingerprint density at radius 3 is 2.92 bits per heavy atom. The zero-order valence-electron chi connectivity index (χ0n) is 7.27. The minimum Gasteiger partial charge on any atom is -0.316 e. The van der Waals surface area contributed by atoms with Gasteiger partial charge < -0.3 is 5.32 Å². The van der Waals surface area contributed by atoms with E-state index in [1.54, 1.807) is 11.3 Å². The van der Waals surface area contributed by atoms with Gasteiger partial charge in [-0.25, -0.2) is 0 Å². The van der Waals surface area contributed by atoms with Crippen LogP contribution in [0.1, 0.15) is 18.2 Å². The van der Waals surface area contributed by atoms with Gasteiger partial charge in [0.05, 0.1) is 5.02 Å². The van der Waals surface area contributed by atoms with Crippen molar-refractivity contribution in [2.45, 2.75) is 19.8 Å². The van der Waals surface area contributed by atoms with Crippen LogP contribution < -0.4 is 5.32 Å². The second-order valence-corrected chi connectivity index (χ2v) is 4.16. The fourth-order valence-electron chi connectivity index (χ4n) is 0.998. The molecule has 0 unspecified atom stereocenters. The second kappa shape index (κ2) is 5.57. The topological polar surface area (TPSA) is 12.0 Å². The third-order valence-electron chi connectivity index (χ3n) is 1.60. The lowest BCUT2D eigenvalue weighted by Crippen LogP contribution is -2.17. The summed E-state index contributed by atoms with van der Waals surface area (Å²) < 4.78 is 0. The maximum atomic E-state index is 5.79. The Morgan fingerprint density at radius 2 is 2.33 bits per heavy atom. The number of nitrogens with one attached hydrogen (secondary N) is 1. The number of hydrogen-bond acceptors (Lipinski definition) is 2. The van der Waals surface area contributed by atoms with Gasteiger partial charge in [-0.1, -0.05) is 18.5 Å². The predicted octanol–water partition coefficient (Wildman–Crippen LogP) is 2.94. The molecule has 3 heteroatoms. The van der Waals surface area contributed by atoms with Gasteiger partial charge >= 0.3 is 0 Å². The molecule has 0 spiro atoms. The number of thiophene rings is 1. The van der Waals surface area contributed by atoms with Gasteiger partial charge in [0.15, 0.2) is 0 Å². The highest BCUT2D eigenvalue weighted by Crippen LogP contribution is 2.18. The first-order valence-electron chi connectivity index (χ1n) is 4.26. The van der Waals surface area contributed by atoms with Crippen LogP contribution in [0.2, 0.25) is 5.02 Å². The van der Waals surface area contributed by atoms with Crippen LogP contribution >= 0.6 is 22.9 Å². The minimum atomic E-state index is 0.866. The van der Waals surface area contributed by atoms with Crippen LogP contribution in [-0.4, -0.2) is 13.1 Å². The van der Waals surface area contributed by atoms with Gasteiger partial charge in [0.1, 0.15) is 0 Å². The number of hydrogen-bond donors (Lipinski definition) is 1. The Bertz CT molecular complexity index is 222. The van der Waals surface area contributed by atoms with Crippen molar-refractivity contribution in [2.24, 2.45) is 0 Å². The van der Waals surface area contributed by atoms with E-state index in [0.717, 1.165) is 24.5 Å². The molecule has 1 heterocycles. The first kappa shape index (κ1) is 10.0. The SMILES string of the molecule is CCCNCCc1cc(Cl)cs1. The summed E-state index contributed by atoms with van der Waals surface area (Å²) in [6.07, 6.45) is 2.29. The smallest absolute Gasteiger partial charge is 0.0515 e. The van der Waals surface area contributed by atoms with E-state index in [2.05, 4.69) is 12.2 Å². The molecule has 0 radical (unpaired) electrons. The quantitative estimate of drug-likeness (QED) is 0.726. The molecule has 0 fully saturated rings. The maximum absolute atomic E-state index is 5.79. The zero-order valence-corrected chi connectivity index (χ0v) is 8.84. The zero-order chi connectivity index (χ0) is 8.81. The van der Waals surface area contributed by atoms with Crippen molar-refractivity contribution < 1.29 is 0 Å². The van der Waals surface area contributed by atoms with Gasteiger partial charge in [0.2, 0.25) is 0 Å². The van der Waals surface area contributed by atoms with Crippen LogP contribution in [0.5, 0.6) is 0 Å². The van der Waals surface area contributed by atoms with Crippen LogP contribution in [0.15, 0.2) is 11.4 Å². The average Bonchev–Trinajstić information content (AvgIpc) is 2.45. The van der Waals surface area contributed by atoms with Gasteiger partial charge in [-0.2, -0.15) is 0 Å². The minimum absolute atomic E-state index is 0.866. The van der Waals surface area contributed by atoms with E-state index >= 15 is 0 Å². The highest BCUT2D eigenvalue weighted by atomic mass is 35.5. The average molecular weight is 204 g/mol. The first-order chi connectivity index (χ1) is 5.83. The molecule has 1 rings (SSSR count). The third kappa shape index (κ3) is 3.57. The van der Waals surface area contributed by atoms with E-state index in [1.165, 1.54) is 11.3 Å². The molecule has 1 aromatic rings. The van der Waals surface area contributed by atoms with Gasteiger partial charge in [0.25, 0.3) is 0 Å². The maximum Gasteiger partial charge on any atom is 0.0515 e. The summed E-state index contributed by atoms with van der Waals surface area (Å²) in [5.41, 5.74) is 0. The van der Waals surface area contributed by atoms with Crippen LogP contribution in [-0.2, 0) is 6.42 Å². The molecule has 0 aromatic carbocycles. The summed E-state index contributed by atoms with van der Waals surface area (Å²) in [6.45, 7) is 4.35. The van der Waals surface area contributed by atoms with Crippen molar-refractivity contribution in [3.63, 3.8) is 0 Å². The molecular formula is C9H14ClNS. The highest BCUT2D eigenvalue weighted by Gasteiger charge is 1.96. The fraction of sp³-hybridized carbons (Fsp3) is 0.556. The van der Waals surface area contributed by atoms with Gasteiger partial charge in [-0.3, -0.25) is 0 Å². The van der Waals surface area contributed by atoms with Crippen molar-refractivity contribution in [1.82, 2.24) is 5.32 Å². The lowest BCUT2D eigenvalue weighted by atomic mass is 10.3. The van der Waals surface area contributed by atoms with Crippen molar-refractivity contribution in [2.75, 3.05) is 13.1 Å². The molecule has 0 atom stereocenters. The highest BCUT2D eigenvalue weighted by molar-refractivity contribution is 7.10. The number of rotatable bonds is 5. The molecule has 0 aliphatic heterocycles. The summed E-state index contributed by atoms with van der Waals surface area (Å²) in [7, 11) is 0. The fourth-order valence-corrected chi connectivity index (χ4v) is 2.08. The van der Waals surface area contributed by atoms with E-state index in [4.69, 9.17) is 11.6 Å². The second-order valence-electron chi connectivity index (χ2n) is 2.73. The Balaban J connectivity index is 2.15. The summed E-state index contributed by atoms with van der Waals surface area (Å²) >= 11 is 7.53. The molecule has 0 saturated carbocycles. The number of halogens is 1. The van der Waals surface area contributed by atoms with E-state index in [-0.39, 0.29) is 0 Å². The summed E-state index contributed by atoms with van der Waals surface area (Å²) in [6, 6.07) is 2.04. The monoisotopic (exact) mass is 203 g/mol. The van der Waals surface area contributed by atoms with Crippen molar-refractivity contribution in [3.05, 3.63) is 21.3 Å². The van der Waals surface area contributed by atoms with Gasteiger partial charge in [-0.15, -0.1) is 11.3 Å². The molecule has 1 nitrogen and oxygen atoms in total. The molecule has 1 aromatic heterocycles. The van der Waals surface area contributed by atoms with E-state index < -0.39 is 0 Å². The summed E-state index contributed by atoms with van der Waals surface area (Å²) in [5.74, 6) is 0. The largest absolute Gasteiger partial charge is 0.316 e. The Hall–Kier alpha value is -0.0500. The first-order valence-corrected chi connectivity index (χ1v) is 5.52. The molecule has 68 valence electrons. The molecule has 1 N–H and O–H groups in total. The van der Waals surface area contributed by atoms with Crippen LogP contribution in [0.4, 0.5) is 0 Å². The Kier molecular flexibility index (Phi) is 4.66. The predicted molar refractivity (Wildman–Crippen MR) is 56.2 cm³/mol. The lowest BCUT2D eigenvalue weighted by molar-refractivity contribution is 0.674. The molecule has 12 heavy (non-hydrogen) atoms. The van der Waals surface area contributed by atoms with Crippen LogP contribution in [0, 0.1) is 0 Å². The van der Waals surface area contributed by atoms with Crippen molar-refractivity contribution in [1.29, 1.82) is 0 Å². The molecular weight excluding hydrogens is 190 g/mol. The normalized spacial score (nSPS) is 10.5. The molecule has 0 amide bonds. The van der Waals surface area contributed by atoms with Crippen molar-refractivity contribution in [3.8, 4) is 0 Å². The molecule has 0 aliphatic rings. The van der Waals surface area contributed by atoms with Gasteiger partial charge in [0, 0.05) is 10.3 Å². The molecule has 0 saturated heterocycles. The van der Waals surface area contributed by atoms with Crippen molar-refractivity contribution >= 4 is 22.9 Å². The van der Waals surface area contributed by atoms with E-state index in [9.17, 15) is 0 Å². The van der Waals surface area contributed by atoms with Crippen LogP contribution in [0.3, 0.4) is 0 Å². The molecule has 0 aliphatic carbocycles. The summed E-state index contributed by atoms with van der Waals surface area (Å²) in [5, 5.41) is 6.21. The van der Waals surface area contributed by atoms with Gasteiger partial charge in [-0.05, 0) is 32.0 Å². The Morgan fingerprint density at radius 1 is 1.50 bits per heavy atom. The van der Waals surface area contributed by atoms with E-state index in [1.807, 2.05) is 11.4 Å². The lowest BCUT2D eigenvalue weighted by Gasteiger charge is -1.99. The molecule has 0 bridgehead atoms.